The number of halogens is 1. The largest absolute Gasteiger partial charge is 0.378 e. The van der Waals surface area contributed by atoms with Crippen molar-refractivity contribution in [3.8, 4) is 0 Å². The summed E-state index contributed by atoms with van der Waals surface area (Å²) >= 11 is 3.67. The van der Waals surface area contributed by atoms with Gasteiger partial charge in [-0.25, -0.2) is 0 Å². The summed E-state index contributed by atoms with van der Waals surface area (Å²) in [6.07, 6.45) is 5.74. The average Bonchev–Trinajstić information content (AvgIpc) is 2.60. The van der Waals surface area contributed by atoms with Gasteiger partial charge in [0.2, 0.25) is 0 Å². The van der Waals surface area contributed by atoms with E-state index in [1.54, 1.807) is 0 Å². The van der Waals surface area contributed by atoms with Gasteiger partial charge in [0.25, 0.3) is 0 Å². The highest BCUT2D eigenvalue weighted by molar-refractivity contribution is 9.10. The molecular formula is C15H26BrN3O. The Hall–Kier alpha value is -0.390. The molecule has 0 radical (unpaired) electrons. The predicted molar refractivity (Wildman–Crippen MR) is 85.0 cm³/mol. The summed E-state index contributed by atoms with van der Waals surface area (Å²) in [5.74, 6) is 0. The maximum atomic E-state index is 5.78. The summed E-state index contributed by atoms with van der Waals surface area (Å²) in [5, 5.41) is 8.10. The van der Waals surface area contributed by atoms with Crippen LogP contribution in [-0.2, 0) is 18.2 Å². The number of likely N-dealkylation sites (N-methyl/N-ethyl adjacent to an activating group) is 1. The van der Waals surface area contributed by atoms with Crippen LogP contribution < -0.4 is 5.32 Å². The zero-order valence-electron chi connectivity index (χ0n) is 13.0. The fraction of sp³-hybridized carbons (Fsp3) is 0.800. The Bertz CT molecular complexity index is 449. The van der Waals surface area contributed by atoms with Gasteiger partial charge in [-0.05, 0) is 55.1 Å². The minimum absolute atomic E-state index is 0.104. The van der Waals surface area contributed by atoms with Crippen molar-refractivity contribution < 1.29 is 4.74 Å². The van der Waals surface area contributed by atoms with Gasteiger partial charge in [0.15, 0.2) is 0 Å². The lowest BCUT2D eigenvalue weighted by atomic mass is 9.75. The molecule has 114 valence electrons. The molecule has 5 heteroatoms. The number of nitrogens with zero attached hydrogens (tertiary/aromatic N) is 2. The minimum Gasteiger partial charge on any atom is -0.378 e. The first kappa shape index (κ1) is 16.0. The highest BCUT2D eigenvalue weighted by Crippen LogP contribution is 2.39. The van der Waals surface area contributed by atoms with E-state index in [0.717, 1.165) is 29.6 Å². The molecule has 1 unspecified atom stereocenters. The van der Waals surface area contributed by atoms with Gasteiger partial charge in [-0.2, -0.15) is 5.10 Å². The molecule has 1 heterocycles. The van der Waals surface area contributed by atoms with E-state index >= 15 is 0 Å². The zero-order valence-corrected chi connectivity index (χ0v) is 14.6. The van der Waals surface area contributed by atoms with Crippen molar-refractivity contribution in [2.75, 3.05) is 13.7 Å². The Kier molecular flexibility index (Phi) is 5.26. The monoisotopic (exact) mass is 343 g/mol. The van der Waals surface area contributed by atoms with Gasteiger partial charge in [-0.1, -0.05) is 6.92 Å². The van der Waals surface area contributed by atoms with Crippen molar-refractivity contribution in [2.45, 2.75) is 57.6 Å². The van der Waals surface area contributed by atoms with E-state index in [-0.39, 0.29) is 5.60 Å². The quantitative estimate of drug-likeness (QED) is 0.827. The van der Waals surface area contributed by atoms with E-state index in [4.69, 9.17) is 4.74 Å². The van der Waals surface area contributed by atoms with Gasteiger partial charge in [0.1, 0.15) is 0 Å². The van der Waals surface area contributed by atoms with Crippen molar-refractivity contribution in [3.63, 3.8) is 0 Å². The zero-order chi connectivity index (χ0) is 14.8. The first-order valence-corrected chi connectivity index (χ1v) is 8.27. The van der Waals surface area contributed by atoms with E-state index in [1.807, 2.05) is 25.8 Å². The number of hydrogen-bond acceptors (Lipinski definition) is 3. The average molecular weight is 344 g/mol. The number of aromatic nitrogens is 2. The molecule has 0 spiro atoms. The van der Waals surface area contributed by atoms with E-state index in [0.29, 0.717) is 6.04 Å². The third-order valence-corrected chi connectivity index (χ3v) is 5.54. The van der Waals surface area contributed by atoms with E-state index in [1.165, 1.54) is 25.0 Å². The Morgan fingerprint density at radius 3 is 2.60 bits per heavy atom. The van der Waals surface area contributed by atoms with Crippen LogP contribution in [0.1, 0.15) is 44.0 Å². The molecule has 1 aliphatic carbocycles. The lowest BCUT2D eigenvalue weighted by Gasteiger charge is -2.43. The molecule has 1 N–H and O–H groups in total. The third kappa shape index (κ3) is 3.26. The van der Waals surface area contributed by atoms with Crippen molar-refractivity contribution in [3.05, 3.63) is 15.9 Å². The standard InChI is InChI=1S/C15H26BrN3O/c1-5-17-12(10-15(20-4)7-6-8-15)9-13-14(16)11(2)18-19(13)3/h12,17H,5-10H2,1-4H3. The molecule has 0 bridgehead atoms. The summed E-state index contributed by atoms with van der Waals surface area (Å²) in [5.41, 5.74) is 2.43. The summed E-state index contributed by atoms with van der Waals surface area (Å²) < 4.78 is 8.91. The number of rotatable bonds is 7. The molecule has 0 aromatic carbocycles. The molecule has 1 aliphatic rings. The highest BCUT2D eigenvalue weighted by atomic mass is 79.9. The second kappa shape index (κ2) is 6.58. The lowest BCUT2D eigenvalue weighted by molar-refractivity contribution is -0.0834. The van der Waals surface area contributed by atoms with Crippen LogP contribution in [0.3, 0.4) is 0 Å². The Balaban J connectivity index is 2.09. The van der Waals surface area contributed by atoms with E-state index < -0.39 is 0 Å². The highest BCUT2D eigenvalue weighted by Gasteiger charge is 2.39. The van der Waals surface area contributed by atoms with Crippen LogP contribution in [0.15, 0.2) is 4.47 Å². The fourth-order valence-electron chi connectivity index (χ4n) is 3.15. The van der Waals surface area contributed by atoms with Gasteiger partial charge in [0, 0.05) is 26.6 Å². The summed E-state index contributed by atoms with van der Waals surface area (Å²) in [6, 6.07) is 0.436. The first-order valence-electron chi connectivity index (χ1n) is 7.48. The van der Waals surface area contributed by atoms with Crippen LogP contribution in [0.2, 0.25) is 0 Å². The summed E-state index contributed by atoms with van der Waals surface area (Å²) in [4.78, 5) is 0. The van der Waals surface area contributed by atoms with Crippen molar-refractivity contribution in [1.29, 1.82) is 0 Å². The summed E-state index contributed by atoms with van der Waals surface area (Å²) in [7, 11) is 3.87. The van der Waals surface area contributed by atoms with Crippen LogP contribution in [0.5, 0.6) is 0 Å². The van der Waals surface area contributed by atoms with Gasteiger partial charge in [-0.15, -0.1) is 0 Å². The number of nitrogens with one attached hydrogen (secondary N) is 1. The molecule has 1 saturated carbocycles. The Morgan fingerprint density at radius 2 is 2.20 bits per heavy atom. The fourth-order valence-corrected chi connectivity index (χ4v) is 3.65. The van der Waals surface area contributed by atoms with Gasteiger partial charge in [-0.3, -0.25) is 4.68 Å². The normalized spacial score (nSPS) is 18.9. The molecule has 1 fully saturated rings. The van der Waals surface area contributed by atoms with Crippen LogP contribution in [0.25, 0.3) is 0 Å². The Morgan fingerprint density at radius 1 is 1.50 bits per heavy atom. The van der Waals surface area contributed by atoms with Crippen LogP contribution in [-0.4, -0.2) is 35.1 Å². The minimum atomic E-state index is 0.104. The lowest BCUT2D eigenvalue weighted by Crippen LogP contribution is -2.46. The molecule has 2 rings (SSSR count). The molecule has 4 nitrogen and oxygen atoms in total. The van der Waals surface area contributed by atoms with Crippen LogP contribution in [0, 0.1) is 6.92 Å². The number of hydrogen-bond donors (Lipinski definition) is 1. The SMILES string of the molecule is CCNC(Cc1c(Br)c(C)nn1C)CC1(OC)CCC1. The second-order valence-electron chi connectivity index (χ2n) is 5.87. The predicted octanol–water partition coefficient (Wildman–Crippen LogP) is 2.97. The van der Waals surface area contributed by atoms with E-state index in [9.17, 15) is 0 Å². The second-order valence-corrected chi connectivity index (χ2v) is 6.67. The van der Waals surface area contributed by atoms with Crippen molar-refractivity contribution in [2.24, 2.45) is 7.05 Å². The molecule has 1 aromatic heterocycles. The maximum Gasteiger partial charge on any atom is 0.0738 e. The molecule has 1 atom stereocenters. The molecule has 0 aliphatic heterocycles. The molecular weight excluding hydrogens is 318 g/mol. The molecule has 1 aromatic rings. The maximum absolute atomic E-state index is 5.78. The number of aryl methyl sites for hydroxylation is 2. The molecule has 20 heavy (non-hydrogen) atoms. The van der Waals surface area contributed by atoms with Gasteiger partial charge in [0.05, 0.1) is 21.5 Å². The van der Waals surface area contributed by atoms with Gasteiger partial charge >= 0.3 is 0 Å². The van der Waals surface area contributed by atoms with Crippen molar-refractivity contribution >= 4 is 15.9 Å². The van der Waals surface area contributed by atoms with Gasteiger partial charge < -0.3 is 10.1 Å². The van der Waals surface area contributed by atoms with Crippen LogP contribution in [0.4, 0.5) is 0 Å². The molecule has 0 saturated heterocycles. The number of methoxy groups -OCH3 is 1. The topological polar surface area (TPSA) is 39.1 Å². The van der Waals surface area contributed by atoms with Crippen LogP contribution >= 0.6 is 15.9 Å². The molecule has 0 amide bonds. The van der Waals surface area contributed by atoms with Crippen molar-refractivity contribution in [1.82, 2.24) is 15.1 Å². The third-order valence-electron chi connectivity index (χ3n) is 4.51. The number of ether oxygens (including phenoxy) is 1. The first-order chi connectivity index (χ1) is 9.51. The summed E-state index contributed by atoms with van der Waals surface area (Å²) in [6.45, 7) is 5.19. The smallest absolute Gasteiger partial charge is 0.0738 e. The van der Waals surface area contributed by atoms with E-state index in [2.05, 4.69) is 33.3 Å². The Labute approximate surface area is 130 Å².